The van der Waals surface area contributed by atoms with Crippen LogP contribution in [-0.2, 0) is 0 Å². The van der Waals surface area contributed by atoms with Gasteiger partial charge in [-0.05, 0) is 37.5 Å². The Kier molecular flexibility index (Phi) is 6.56. The molecule has 1 saturated carbocycles. The second kappa shape index (κ2) is 9.09. The van der Waals surface area contributed by atoms with Crippen molar-refractivity contribution in [1.82, 2.24) is 5.32 Å². The molecule has 2 aromatic carbocycles. The quantitative estimate of drug-likeness (QED) is 0.743. The smallest absolute Gasteiger partial charge is 0.142 e. The number of nitrogens with zero attached hydrogens (tertiary/aromatic N) is 1. The number of hydrogen-bond acceptors (Lipinski definition) is 3. The van der Waals surface area contributed by atoms with Crippen molar-refractivity contribution in [1.29, 1.82) is 0 Å². The molecule has 140 valence electrons. The van der Waals surface area contributed by atoms with E-state index >= 15 is 0 Å². The Morgan fingerprint density at radius 1 is 0.962 bits per heavy atom. The number of likely N-dealkylation sites (N-methyl/N-ethyl adjacent to an activating group) is 1. The molecule has 0 amide bonds. The molecule has 3 heteroatoms. The molecule has 0 radical (unpaired) electrons. The summed E-state index contributed by atoms with van der Waals surface area (Å²) in [5.41, 5.74) is 2.49. The van der Waals surface area contributed by atoms with E-state index in [1.165, 1.54) is 37.7 Å². The molecule has 2 aromatic rings. The van der Waals surface area contributed by atoms with E-state index in [0.29, 0.717) is 12.1 Å². The molecule has 0 heterocycles. The van der Waals surface area contributed by atoms with Crippen molar-refractivity contribution in [2.24, 2.45) is 0 Å². The molecule has 2 unspecified atom stereocenters. The van der Waals surface area contributed by atoms with Crippen molar-refractivity contribution < 1.29 is 4.74 Å². The first-order valence-electron chi connectivity index (χ1n) is 9.87. The molecule has 0 spiro atoms. The van der Waals surface area contributed by atoms with Crippen molar-refractivity contribution in [3.05, 3.63) is 60.2 Å². The Morgan fingerprint density at radius 3 is 2.31 bits per heavy atom. The van der Waals surface area contributed by atoms with Crippen molar-refractivity contribution >= 4 is 5.69 Å². The van der Waals surface area contributed by atoms with Gasteiger partial charge in [0.15, 0.2) is 0 Å². The maximum Gasteiger partial charge on any atom is 0.142 e. The molecule has 1 aliphatic rings. The monoisotopic (exact) mass is 352 g/mol. The average Bonchev–Trinajstić information content (AvgIpc) is 2.72. The lowest BCUT2D eigenvalue weighted by Crippen LogP contribution is -2.45. The molecule has 0 aliphatic heterocycles. The maximum absolute atomic E-state index is 5.59. The van der Waals surface area contributed by atoms with E-state index in [0.717, 1.165) is 11.4 Å². The third-order valence-electron chi connectivity index (χ3n) is 5.74. The lowest BCUT2D eigenvalue weighted by atomic mass is 9.92. The van der Waals surface area contributed by atoms with Crippen LogP contribution in [0.25, 0.3) is 0 Å². The van der Waals surface area contributed by atoms with Crippen LogP contribution in [0.5, 0.6) is 5.75 Å². The third-order valence-corrected chi connectivity index (χ3v) is 5.74. The molecule has 1 N–H and O–H groups in total. The summed E-state index contributed by atoms with van der Waals surface area (Å²) in [5, 5.41) is 3.98. The first-order valence-corrected chi connectivity index (χ1v) is 9.87. The highest BCUT2D eigenvalue weighted by atomic mass is 16.5. The van der Waals surface area contributed by atoms with Gasteiger partial charge in [-0.2, -0.15) is 0 Å². The van der Waals surface area contributed by atoms with E-state index in [2.05, 4.69) is 66.7 Å². The van der Waals surface area contributed by atoms with Crippen molar-refractivity contribution in [2.75, 3.05) is 19.1 Å². The Labute approximate surface area is 158 Å². The van der Waals surface area contributed by atoms with E-state index in [-0.39, 0.29) is 6.04 Å². The van der Waals surface area contributed by atoms with E-state index in [4.69, 9.17) is 4.74 Å². The number of methoxy groups -OCH3 is 1. The number of anilines is 1. The number of rotatable bonds is 7. The van der Waals surface area contributed by atoms with Gasteiger partial charge in [0.2, 0.25) is 0 Å². The van der Waals surface area contributed by atoms with Gasteiger partial charge in [0.25, 0.3) is 0 Å². The van der Waals surface area contributed by atoms with Crippen LogP contribution in [0.1, 0.15) is 50.6 Å². The second-order valence-electron chi connectivity index (χ2n) is 7.41. The molecule has 1 aliphatic carbocycles. The summed E-state index contributed by atoms with van der Waals surface area (Å²) in [6.45, 7) is 2.31. The van der Waals surface area contributed by atoms with Gasteiger partial charge < -0.3 is 15.0 Å². The molecule has 2 atom stereocenters. The summed E-state index contributed by atoms with van der Waals surface area (Å²) < 4.78 is 5.59. The highest BCUT2D eigenvalue weighted by molar-refractivity contribution is 5.58. The highest BCUT2D eigenvalue weighted by Gasteiger charge is 2.27. The second-order valence-corrected chi connectivity index (χ2v) is 7.41. The fraction of sp³-hybridized carbons (Fsp3) is 0.478. The van der Waals surface area contributed by atoms with Gasteiger partial charge in [0.1, 0.15) is 5.75 Å². The summed E-state index contributed by atoms with van der Waals surface area (Å²) in [4.78, 5) is 2.34. The molecule has 3 rings (SSSR count). The fourth-order valence-corrected chi connectivity index (χ4v) is 4.06. The summed E-state index contributed by atoms with van der Waals surface area (Å²) in [6.07, 6.45) is 6.64. The van der Waals surface area contributed by atoms with Gasteiger partial charge in [-0.3, -0.25) is 0 Å². The van der Waals surface area contributed by atoms with Crippen LogP contribution in [-0.4, -0.2) is 26.2 Å². The Hall–Kier alpha value is -2.00. The average molecular weight is 353 g/mol. The van der Waals surface area contributed by atoms with Gasteiger partial charge in [0.05, 0.1) is 18.8 Å². The minimum Gasteiger partial charge on any atom is -0.495 e. The van der Waals surface area contributed by atoms with Crippen LogP contribution in [0, 0.1) is 0 Å². The van der Waals surface area contributed by atoms with Crippen LogP contribution in [0.4, 0.5) is 5.69 Å². The van der Waals surface area contributed by atoms with Crippen LogP contribution < -0.4 is 15.0 Å². The van der Waals surface area contributed by atoms with Gasteiger partial charge in [-0.1, -0.05) is 61.7 Å². The van der Waals surface area contributed by atoms with Crippen LogP contribution in [0.15, 0.2) is 54.6 Å². The predicted molar refractivity (Wildman–Crippen MR) is 110 cm³/mol. The minimum absolute atomic E-state index is 0.286. The van der Waals surface area contributed by atoms with Gasteiger partial charge in [0, 0.05) is 19.1 Å². The summed E-state index contributed by atoms with van der Waals surface area (Å²) >= 11 is 0. The Morgan fingerprint density at radius 2 is 1.62 bits per heavy atom. The molecular weight excluding hydrogens is 320 g/mol. The maximum atomic E-state index is 5.59. The number of hydrogen-bond donors (Lipinski definition) is 1. The molecule has 1 fully saturated rings. The predicted octanol–water partition coefficient (Wildman–Crippen LogP) is 5.18. The zero-order valence-corrected chi connectivity index (χ0v) is 16.3. The van der Waals surface area contributed by atoms with Crippen molar-refractivity contribution in [2.45, 2.75) is 57.2 Å². The fourth-order valence-electron chi connectivity index (χ4n) is 4.06. The zero-order chi connectivity index (χ0) is 18.4. The highest BCUT2D eigenvalue weighted by Crippen LogP contribution is 2.32. The Bertz CT molecular complexity index is 667. The first kappa shape index (κ1) is 18.8. The topological polar surface area (TPSA) is 24.5 Å². The number of ether oxygens (including phenoxy) is 1. The van der Waals surface area contributed by atoms with E-state index < -0.39 is 0 Å². The third kappa shape index (κ3) is 4.39. The normalized spacial score (nSPS) is 17.5. The summed E-state index contributed by atoms with van der Waals surface area (Å²) in [6, 6.07) is 20.3. The van der Waals surface area contributed by atoms with Crippen LogP contribution >= 0.6 is 0 Å². The van der Waals surface area contributed by atoms with Gasteiger partial charge in [-0.25, -0.2) is 0 Å². The number of benzene rings is 2. The molecule has 0 aromatic heterocycles. The molecule has 0 saturated heterocycles. The van der Waals surface area contributed by atoms with E-state index in [1.807, 2.05) is 12.1 Å². The van der Waals surface area contributed by atoms with Gasteiger partial charge in [-0.15, -0.1) is 0 Å². The SMILES string of the molecule is COc1ccccc1N(C)C(C)C(NC1CCCCC1)c1ccccc1. The molecular formula is C23H32N2O. The van der Waals surface area contributed by atoms with Gasteiger partial charge >= 0.3 is 0 Å². The Balaban J connectivity index is 1.84. The number of para-hydroxylation sites is 2. The summed E-state index contributed by atoms with van der Waals surface area (Å²) in [7, 11) is 3.91. The standard InChI is InChI=1S/C23H32N2O/c1-18(25(2)21-16-10-11-17-22(21)26-3)23(19-12-6-4-7-13-19)24-20-14-8-5-9-15-20/h4,6-7,10-13,16-18,20,23-24H,5,8-9,14-15H2,1-3H3. The summed E-state index contributed by atoms with van der Waals surface area (Å²) in [5.74, 6) is 0.923. The van der Waals surface area contributed by atoms with Crippen molar-refractivity contribution in [3.8, 4) is 5.75 Å². The van der Waals surface area contributed by atoms with Crippen molar-refractivity contribution in [3.63, 3.8) is 0 Å². The molecule has 3 nitrogen and oxygen atoms in total. The molecule has 0 bridgehead atoms. The minimum atomic E-state index is 0.286. The zero-order valence-electron chi connectivity index (χ0n) is 16.3. The van der Waals surface area contributed by atoms with E-state index in [9.17, 15) is 0 Å². The van der Waals surface area contributed by atoms with Crippen LogP contribution in [0.3, 0.4) is 0 Å². The lowest BCUT2D eigenvalue weighted by Gasteiger charge is -2.38. The molecule has 26 heavy (non-hydrogen) atoms. The first-order chi connectivity index (χ1) is 12.7. The van der Waals surface area contributed by atoms with Crippen LogP contribution in [0.2, 0.25) is 0 Å². The largest absolute Gasteiger partial charge is 0.495 e. The van der Waals surface area contributed by atoms with E-state index in [1.54, 1.807) is 7.11 Å². The lowest BCUT2D eigenvalue weighted by molar-refractivity contribution is 0.316. The number of nitrogens with one attached hydrogen (secondary N) is 1.